The Morgan fingerprint density at radius 2 is 1.74 bits per heavy atom. The summed E-state index contributed by atoms with van der Waals surface area (Å²) in [5.74, 6) is -1.21. The number of hydrogen-bond donors (Lipinski definition) is 2. The van der Waals surface area contributed by atoms with Crippen LogP contribution in [0.4, 0.5) is 17.1 Å². The van der Waals surface area contributed by atoms with Crippen LogP contribution >= 0.6 is 0 Å². The summed E-state index contributed by atoms with van der Waals surface area (Å²) < 4.78 is 35.5. The van der Waals surface area contributed by atoms with Crippen LogP contribution in [0.3, 0.4) is 0 Å². The Balaban J connectivity index is 1.56. The highest BCUT2D eigenvalue weighted by molar-refractivity contribution is 7.92. The van der Waals surface area contributed by atoms with Crippen molar-refractivity contribution in [2.24, 2.45) is 0 Å². The number of sulfonamides is 1. The van der Waals surface area contributed by atoms with Gasteiger partial charge in [0.15, 0.2) is 6.10 Å². The van der Waals surface area contributed by atoms with Gasteiger partial charge in [0, 0.05) is 30.2 Å². The summed E-state index contributed by atoms with van der Waals surface area (Å²) >= 11 is 0. The third-order valence-electron chi connectivity index (χ3n) is 4.57. The van der Waals surface area contributed by atoms with E-state index in [-0.39, 0.29) is 11.3 Å². The predicted molar refractivity (Wildman–Crippen MR) is 118 cm³/mol. The monoisotopic (exact) mass is 447 g/mol. The van der Waals surface area contributed by atoms with Crippen LogP contribution in [-0.4, -0.2) is 59.0 Å². The lowest BCUT2D eigenvalue weighted by molar-refractivity contribution is -0.123. The summed E-state index contributed by atoms with van der Waals surface area (Å²) in [6.45, 7) is 4.48. The molecule has 0 bridgehead atoms. The van der Waals surface area contributed by atoms with Crippen LogP contribution in [0.5, 0.6) is 0 Å². The predicted octanol–water partition coefficient (Wildman–Crippen LogP) is 2.08. The van der Waals surface area contributed by atoms with E-state index in [0.29, 0.717) is 18.9 Å². The number of esters is 1. The molecule has 1 saturated heterocycles. The second-order valence-corrected chi connectivity index (χ2v) is 8.89. The van der Waals surface area contributed by atoms with E-state index in [0.717, 1.165) is 25.0 Å². The third kappa shape index (κ3) is 6.69. The molecule has 166 valence electrons. The second-order valence-electron chi connectivity index (χ2n) is 7.14. The van der Waals surface area contributed by atoms with E-state index in [2.05, 4.69) is 14.9 Å². The minimum Gasteiger partial charge on any atom is -0.449 e. The SMILES string of the molecule is C[C@@H](OC(=O)c1cccc(NS(C)(=O)=O)c1)C(=O)Nc1ccc(N2CCOCC2)cc1. The number of ether oxygens (including phenoxy) is 2. The molecule has 31 heavy (non-hydrogen) atoms. The van der Waals surface area contributed by atoms with Crippen LogP contribution in [0.25, 0.3) is 0 Å². The van der Waals surface area contributed by atoms with Crippen LogP contribution in [0.15, 0.2) is 48.5 Å². The molecule has 2 N–H and O–H groups in total. The van der Waals surface area contributed by atoms with E-state index in [4.69, 9.17) is 9.47 Å². The quantitative estimate of drug-likeness (QED) is 0.625. The maximum Gasteiger partial charge on any atom is 0.338 e. The Kier molecular flexibility index (Phi) is 7.13. The van der Waals surface area contributed by atoms with E-state index in [9.17, 15) is 18.0 Å². The molecule has 1 aliphatic rings. The van der Waals surface area contributed by atoms with Gasteiger partial charge in [-0.3, -0.25) is 9.52 Å². The molecule has 1 heterocycles. The lowest BCUT2D eigenvalue weighted by Gasteiger charge is -2.28. The Labute approximate surface area is 181 Å². The average molecular weight is 448 g/mol. The zero-order chi connectivity index (χ0) is 22.4. The summed E-state index contributed by atoms with van der Waals surface area (Å²) in [6, 6.07) is 13.3. The van der Waals surface area contributed by atoms with Gasteiger partial charge in [-0.15, -0.1) is 0 Å². The number of rotatable bonds is 7. The van der Waals surface area contributed by atoms with Crippen molar-refractivity contribution in [3.63, 3.8) is 0 Å². The summed E-state index contributed by atoms with van der Waals surface area (Å²) in [6.07, 6.45) is -0.0318. The highest BCUT2D eigenvalue weighted by Crippen LogP contribution is 2.19. The molecule has 2 aromatic rings. The van der Waals surface area contributed by atoms with Crippen LogP contribution in [0.1, 0.15) is 17.3 Å². The molecule has 3 rings (SSSR count). The lowest BCUT2D eigenvalue weighted by atomic mass is 10.2. The van der Waals surface area contributed by atoms with Crippen LogP contribution < -0.4 is 14.9 Å². The molecule has 0 spiro atoms. The molecule has 0 aliphatic carbocycles. The largest absolute Gasteiger partial charge is 0.449 e. The Hall–Kier alpha value is -3.11. The van der Waals surface area contributed by atoms with Gasteiger partial charge in [-0.25, -0.2) is 13.2 Å². The molecular formula is C21H25N3O6S. The molecule has 1 amide bonds. The van der Waals surface area contributed by atoms with E-state index >= 15 is 0 Å². The first-order valence-corrected chi connectivity index (χ1v) is 11.6. The van der Waals surface area contributed by atoms with Crippen molar-refractivity contribution in [3.8, 4) is 0 Å². The minimum absolute atomic E-state index is 0.128. The highest BCUT2D eigenvalue weighted by atomic mass is 32.2. The summed E-state index contributed by atoms with van der Waals surface area (Å²) in [7, 11) is -3.48. The fraction of sp³-hybridized carbons (Fsp3) is 0.333. The normalized spacial score (nSPS) is 15.1. The van der Waals surface area contributed by atoms with Crippen molar-refractivity contribution in [1.29, 1.82) is 0 Å². The van der Waals surface area contributed by atoms with Gasteiger partial charge in [0.05, 0.1) is 25.0 Å². The van der Waals surface area contributed by atoms with Crippen LogP contribution in [0, 0.1) is 0 Å². The van der Waals surface area contributed by atoms with Crippen molar-refractivity contribution in [2.45, 2.75) is 13.0 Å². The van der Waals surface area contributed by atoms with Gasteiger partial charge < -0.3 is 19.7 Å². The number of carbonyl (C=O) groups is 2. The van der Waals surface area contributed by atoms with Gasteiger partial charge in [0.1, 0.15) is 0 Å². The molecule has 1 fully saturated rings. The first-order valence-electron chi connectivity index (χ1n) is 9.74. The van der Waals surface area contributed by atoms with Crippen molar-refractivity contribution < 1.29 is 27.5 Å². The number of nitrogens with one attached hydrogen (secondary N) is 2. The number of carbonyl (C=O) groups excluding carboxylic acids is 2. The van der Waals surface area contributed by atoms with Gasteiger partial charge in [0.2, 0.25) is 10.0 Å². The summed E-state index contributed by atoms with van der Waals surface area (Å²) in [5.41, 5.74) is 1.99. The van der Waals surface area contributed by atoms with Crippen molar-refractivity contribution >= 4 is 39.0 Å². The molecule has 0 radical (unpaired) electrons. The van der Waals surface area contributed by atoms with E-state index in [1.54, 1.807) is 12.1 Å². The van der Waals surface area contributed by atoms with Crippen LogP contribution in [0.2, 0.25) is 0 Å². The Morgan fingerprint density at radius 1 is 1.06 bits per heavy atom. The molecule has 0 aromatic heterocycles. The zero-order valence-electron chi connectivity index (χ0n) is 17.3. The maximum absolute atomic E-state index is 12.4. The average Bonchev–Trinajstić information content (AvgIpc) is 2.74. The number of benzene rings is 2. The molecule has 1 atom stereocenters. The first-order chi connectivity index (χ1) is 14.7. The van der Waals surface area contributed by atoms with Crippen molar-refractivity contribution in [1.82, 2.24) is 0 Å². The molecule has 0 unspecified atom stereocenters. The van der Waals surface area contributed by atoms with Crippen LogP contribution in [-0.2, 0) is 24.3 Å². The second kappa shape index (κ2) is 9.80. The zero-order valence-corrected chi connectivity index (χ0v) is 18.1. The minimum atomic E-state index is -3.48. The molecule has 2 aromatic carbocycles. The number of amides is 1. The molecule has 0 saturated carbocycles. The fourth-order valence-electron chi connectivity index (χ4n) is 3.03. The number of nitrogens with zero attached hydrogens (tertiary/aromatic N) is 1. The Bertz CT molecular complexity index is 1030. The van der Waals surface area contributed by atoms with Gasteiger partial charge in [-0.1, -0.05) is 6.07 Å². The van der Waals surface area contributed by atoms with Gasteiger partial charge >= 0.3 is 5.97 Å². The standard InChI is InChI=1S/C21H25N3O6S/c1-15(30-21(26)16-4-3-5-18(14-16)23-31(2,27)28)20(25)22-17-6-8-19(9-7-17)24-10-12-29-13-11-24/h3-9,14-15,23H,10-13H2,1-2H3,(H,22,25)/t15-/m1/s1. The number of anilines is 3. The third-order valence-corrected chi connectivity index (χ3v) is 5.17. The molecule has 9 nitrogen and oxygen atoms in total. The highest BCUT2D eigenvalue weighted by Gasteiger charge is 2.20. The molecule has 1 aliphatic heterocycles. The lowest BCUT2D eigenvalue weighted by Crippen LogP contribution is -2.36. The van der Waals surface area contributed by atoms with Gasteiger partial charge in [-0.05, 0) is 49.4 Å². The number of morpholine rings is 1. The summed E-state index contributed by atoms with van der Waals surface area (Å²) in [5, 5.41) is 2.72. The number of hydrogen-bond acceptors (Lipinski definition) is 7. The summed E-state index contributed by atoms with van der Waals surface area (Å²) in [4.78, 5) is 27.0. The molecule has 10 heteroatoms. The topological polar surface area (TPSA) is 114 Å². The van der Waals surface area contributed by atoms with E-state index < -0.39 is 28.0 Å². The van der Waals surface area contributed by atoms with E-state index in [1.807, 2.05) is 12.1 Å². The van der Waals surface area contributed by atoms with Gasteiger partial charge in [0.25, 0.3) is 5.91 Å². The first kappa shape index (κ1) is 22.6. The van der Waals surface area contributed by atoms with E-state index in [1.165, 1.54) is 31.2 Å². The Morgan fingerprint density at radius 3 is 2.39 bits per heavy atom. The van der Waals surface area contributed by atoms with Gasteiger partial charge in [-0.2, -0.15) is 0 Å². The fourth-order valence-corrected chi connectivity index (χ4v) is 3.58. The van der Waals surface area contributed by atoms with Crippen molar-refractivity contribution in [3.05, 3.63) is 54.1 Å². The molecular weight excluding hydrogens is 422 g/mol. The smallest absolute Gasteiger partial charge is 0.338 e. The maximum atomic E-state index is 12.4. The van der Waals surface area contributed by atoms with Crippen molar-refractivity contribution in [2.75, 3.05) is 47.5 Å².